The number of hydrogen-bond acceptors (Lipinski definition) is 3. The number of benzene rings is 2. The van der Waals surface area contributed by atoms with Crippen molar-refractivity contribution in [3.8, 4) is 0 Å². The molecule has 3 N–H and O–H groups in total. The number of nitrogens with one attached hydrogen (secondary N) is 1. The summed E-state index contributed by atoms with van der Waals surface area (Å²) in [6, 6.07) is 2.23. The molecule has 1 amide bonds. The van der Waals surface area contributed by atoms with E-state index in [0.717, 1.165) is 6.08 Å². The summed E-state index contributed by atoms with van der Waals surface area (Å²) in [7, 11) is -4.23. The number of para-hydroxylation sites is 1. The number of nitrogens with two attached hydrogens (primary N) is 1. The SMILES string of the molecule is [2H]c1c([2H])c([2H])c(NS(=O)(=O)c2cccc(/C=C/C(N)=O)c2)c([2H])c1[2H]. The summed E-state index contributed by atoms with van der Waals surface area (Å²) in [6.07, 6.45) is 2.39. The van der Waals surface area contributed by atoms with Gasteiger partial charge >= 0.3 is 0 Å². The summed E-state index contributed by atoms with van der Waals surface area (Å²) in [5.41, 5.74) is 4.83. The second kappa shape index (κ2) is 6.23. The Morgan fingerprint density at radius 3 is 2.62 bits per heavy atom. The Morgan fingerprint density at radius 2 is 1.95 bits per heavy atom. The van der Waals surface area contributed by atoms with Crippen molar-refractivity contribution in [1.82, 2.24) is 0 Å². The topological polar surface area (TPSA) is 89.3 Å². The van der Waals surface area contributed by atoms with E-state index < -0.39 is 51.8 Å². The molecule has 5 nitrogen and oxygen atoms in total. The average molecular weight is 307 g/mol. The molecule has 0 saturated heterocycles. The lowest BCUT2D eigenvalue weighted by Crippen LogP contribution is -2.12. The lowest BCUT2D eigenvalue weighted by Gasteiger charge is -2.08. The quantitative estimate of drug-likeness (QED) is 0.828. The van der Waals surface area contributed by atoms with Crippen LogP contribution in [-0.4, -0.2) is 14.3 Å². The first-order valence-corrected chi connectivity index (χ1v) is 7.20. The van der Waals surface area contributed by atoms with Gasteiger partial charge < -0.3 is 5.73 Å². The number of hydrogen-bond donors (Lipinski definition) is 2. The van der Waals surface area contributed by atoms with Gasteiger partial charge in [-0.05, 0) is 35.9 Å². The van der Waals surface area contributed by atoms with Crippen LogP contribution in [0.5, 0.6) is 0 Å². The van der Waals surface area contributed by atoms with Crippen LogP contribution in [0, 0.1) is 0 Å². The van der Waals surface area contributed by atoms with Gasteiger partial charge in [0.2, 0.25) is 5.91 Å². The fraction of sp³-hybridized carbons (Fsp3) is 0. The molecule has 2 aromatic carbocycles. The average Bonchev–Trinajstić information content (AvgIpc) is 2.60. The van der Waals surface area contributed by atoms with Crippen molar-refractivity contribution in [2.24, 2.45) is 5.73 Å². The van der Waals surface area contributed by atoms with E-state index >= 15 is 0 Å². The summed E-state index contributed by atoms with van der Waals surface area (Å²) < 4.78 is 65.3. The Hall–Kier alpha value is -2.60. The number of rotatable bonds is 5. The Kier molecular flexibility index (Phi) is 2.78. The van der Waals surface area contributed by atoms with Gasteiger partial charge in [0, 0.05) is 11.8 Å². The van der Waals surface area contributed by atoms with Crippen molar-refractivity contribution >= 4 is 27.7 Å². The molecule has 0 heterocycles. The summed E-state index contributed by atoms with van der Waals surface area (Å²) in [5, 5.41) is 0. The fourth-order valence-electron chi connectivity index (χ4n) is 1.46. The van der Waals surface area contributed by atoms with Crippen molar-refractivity contribution < 1.29 is 20.1 Å². The lowest BCUT2D eigenvalue weighted by atomic mass is 10.2. The molecule has 0 aliphatic heterocycles. The smallest absolute Gasteiger partial charge is 0.261 e. The van der Waals surface area contributed by atoms with Crippen LogP contribution in [0.15, 0.2) is 65.4 Å². The zero-order valence-corrected chi connectivity index (χ0v) is 11.5. The van der Waals surface area contributed by atoms with Gasteiger partial charge in [0.1, 0.15) is 0 Å². The molecule has 0 aliphatic carbocycles. The molecule has 0 aromatic heterocycles. The second-order valence-electron chi connectivity index (χ2n) is 3.91. The highest BCUT2D eigenvalue weighted by molar-refractivity contribution is 7.92. The van der Waals surface area contributed by atoms with E-state index in [4.69, 9.17) is 12.6 Å². The Morgan fingerprint density at radius 1 is 1.24 bits per heavy atom. The maximum atomic E-state index is 12.5. The molecule has 0 saturated carbocycles. The number of amides is 1. The van der Waals surface area contributed by atoms with E-state index in [1.807, 2.05) is 4.72 Å². The molecule has 0 aliphatic rings. The number of sulfonamides is 1. The van der Waals surface area contributed by atoms with Gasteiger partial charge in [-0.15, -0.1) is 0 Å². The number of carbonyl (C=O) groups is 1. The molecule has 0 fully saturated rings. The second-order valence-corrected chi connectivity index (χ2v) is 5.60. The minimum Gasteiger partial charge on any atom is -0.366 e. The summed E-state index contributed by atoms with van der Waals surface area (Å²) in [5.74, 6) is -0.699. The maximum Gasteiger partial charge on any atom is 0.261 e. The van der Waals surface area contributed by atoms with Crippen LogP contribution >= 0.6 is 0 Å². The highest BCUT2D eigenvalue weighted by Crippen LogP contribution is 2.17. The standard InChI is InChI=1S/C15H14N2O3S/c16-15(18)10-9-12-5-4-8-14(11-12)21(19,20)17-13-6-2-1-3-7-13/h1-11,17H,(H2,16,18)/b10-9+/i1D,2D,3D,6D,7D. The fourth-order valence-corrected chi connectivity index (χ4v) is 2.50. The molecule has 2 rings (SSSR count). The maximum absolute atomic E-state index is 12.5. The van der Waals surface area contributed by atoms with Crippen molar-refractivity contribution in [2.75, 3.05) is 4.72 Å². The zero-order chi connectivity index (χ0) is 19.6. The molecule has 21 heavy (non-hydrogen) atoms. The zero-order valence-electron chi connectivity index (χ0n) is 15.7. The van der Waals surface area contributed by atoms with Crippen LogP contribution in [0.2, 0.25) is 0 Å². The molecule has 0 bridgehead atoms. The number of primary amides is 1. The molecule has 0 unspecified atom stereocenters. The first kappa shape index (κ1) is 9.36. The van der Waals surface area contributed by atoms with Gasteiger partial charge in [-0.25, -0.2) is 8.42 Å². The highest BCUT2D eigenvalue weighted by Gasteiger charge is 2.13. The number of carbonyl (C=O) groups excluding carboxylic acids is 1. The van der Waals surface area contributed by atoms with Crippen molar-refractivity contribution in [1.29, 1.82) is 0 Å². The van der Waals surface area contributed by atoms with Crippen LogP contribution in [0.4, 0.5) is 5.69 Å². The highest BCUT2D eigenvalue weighted by atomic mass is 32.2. The molecule has 2 aromatic rings. The molecular weight excluding hydrogens is 288 g/mol. The minimum atomic E-state index is -4.23. The van der Waals surface area contributed by atoms with Crippen LogP contribution in [-0.2, 0) is 14.8 Å². The summed E-state index contributed by atoms with van der Waals surface area (Å²) in [4.78, 5) is 10.6. The van der Waals surface area contributed by atoms with Gasteiger partial charge in [-0.1, -0.05) is 30.3 Å². The third-order valence-corrected chi connectivity index (χ3v) is 3.69. The van der Waals surface area contributed by atoms with E-state index in [1.165, 1.54) is 24.3 Å². The van der Waals surface area contributed by atoms with Crippen molar-refractivity contribution in [3.63, 3.8) is 0 Å². The first-order chi connectivity index (χ1) is 12.0. The van der Waals surface area contributed by atoms with Crippen molar-refractivity contribution in [2.45, 2.75) is 4.90 Å². The van der Waals surface area contributed by atoms with Crippen LogP contribution in [0.3, 0.4) is 0 Å². The van der Waals surface area contributed by atoms with E-state index in [0.29, 0.717) is 5.56 Å². The third-order valence-electron chi connectivity index (χ3n) is 2.34. The molecule has 6 heteroatoms. The van der Waals surface area contributed by atoms with Gasteiger partial charge in [0.15, 0.2) is 0 Å². The van der Waals surface area contributed by atoms with Gasteiger partial charge in [-0.3, -0.25) is 9.52 Å². The third kappa shape index (κ3) is 4.19. The monoisotopic (exact) mass is 307 g/mol. The Bertz CT molecular complexity index is 993. The van der Waals surface area contributed by atoms with E-state index in [1.54, 1.807) is 6.07 Å². The predicted molar refractivity (Wildman–Crippen MR) is 81.9 cm³/mol. The summed E-state index contributed by atoms with van der Waals surface area (Å²) >= 11 is 0. The molecule has 0 atom stereocenters. The van der Waals surface area contributed by atoms with Gasteiger partial charge in [0.25, 0.3) is 10.0 Å². The van der Waals surface area contributed by atoms with Crippen LogP contribution < -0.4 is 10.5 Å². The molecule has 0 spiro atoms. The van der Waals surface area contributed by atoms with E-state index in [-0.39, 0.29) is 4.90 Å². The van der Waals surface area contributed by atoms with Crippen molar-refractivity contribution in [3.05, 3.63) is 66.1 Å². The Balaban J connectivity index is 2.48. The first-order valence-electron chi connectivity index (χ1n) is 8.22. The normalized spacial score (nSPS) is 14.8. The van der Waals surface area contributed by atoms with Crippen LogP contribution in [0.25, 0.3) is 6.08 Å². The lowest BCUT2D eigenvalue weighted by molar-refractivity contribution is -0.113. The Labute approximate surface area is 130 Å². The molecule has 108 valence electrons. The van der Waals surface area contributed by atoms with E-state index in [2.05, 4.69) is 0 Å². The van der Waals surface area contributed by atoms with Gasteiger partial charge in [0.05, 0.1) is 11.7 Å². The minimum absolute atomic E-state index is 0.212. The molecular formula is C15H14N2O3S. The summed E-state index contributed by atoms with van der Waals surface area (Å²) in [6.45, 7) is 0. The van der Waals surface area contributed by atoms with Gasteiger partial charge in [-0.2, -0.15) is 0 Å². The number of anilines is 1. The van der Waals surface area contributed by atoms with Crippen LogP contribution in [0.1, 0.15) is 12.4 Å². The largest absolute Gasteiger partial charge is 0.366 e. The molecule has 0 radical (unpaired) electrons. The van der Waals surface area contributed by atoms with E-state index in [9.17, 15) is 13.2 Å². The predicted octanol–water partition coefficient (Wildman–Crippen LogP) is 1.99.